The number of sulfonamides is 1. The van der Waals surface area contributed by atoms with Gasteiger partial charge in [0, 0.05) is 16.1 Å². The molecule has 36 heavy (non-hydrogen) atoms. The third-order valence-electron chi connectivity index (χ3n) is 4.76. The number of rotatable bonds is 7. The Bertz CT molecular complexity index is 1480. The van der Waals surface area contributed by atoms with Crippen LogP contribution < -0.4 is 20.8 Å². The van der Waals surface area contributed by atoms with Crippen molar-refractivity contribution in [1.82, 2.24) is 4.72 Å². The molecule has 0 saturated heterocycles. The molecule has 4 N–H and O–H groups in total. The van der Waals surface area contributed by atoms with E-state index in [4.69, 9.17) is 29.1 Å². The second kappa shape index (κ2) is 10.7. The molecule has 2 heterocycles. The van der Waals surface area contributed by atoms with Crippen LogP contribution in [-0.4, -0.2) is 26.3 Å². The highest BCUT2D eigenvalue weighted by Gasteiger charge is 2.33. The monoisotopic (exact) mass is 588 g/mol. The number of carbonyl (C=O) groups excluding carboxylic acids is 3. The third-order valence-corrected chi connectivity index (χ3v) is 8.71. The molecule has 0 radical (unpaired) electrons. The molecule has 16 heteroatoms. The van der Waals surface area contributed by atoms with Crippen molar-refractivity contribution in [2.75, 3.05) is 10.2 Å². The Balaban J connectivity index is 1.52. The largest absolute Gasteiger partial charge is 0.333 e. The van der Waals surface area contributed by atoms with Gasteiger partial charge in [0.25, 0.3) is 15.9 Å². The van der Waals surface area contributed by atoms with Crippen molar-refractivity contribution in [2.24, 2.45) is 5.90 Å². The molecule has 1 aliphatic heterocycles. The van der Waals surface area contributed by atoms with Crippen LogP contribution in [-0.2, 0) is 30.6 Å². The van der Waals surface area contributed by atoms with Gasteiger partial charge in [0.2, 0.25) is 5.91 Å². The summed E-state index contributed by atoms with van der Waals surface area (Å²) in [6.07, 6.45) is -0.0520. The molecule has 0 bridgehead atoms. The number of nitrogens with zero attached hydrogens (tertiary/aromatic N) is 1. The molecule has 3 aromatic rings. The number of hydrogen-bond donors (Lipinski definition) is 3. The molecule has 4 rings (SSSR count). The highest BCUT2D eigenvalue weighted by Crippen LogP contribution is 2.34. The summed E-state index contributed by atoms with van der Waals surface area (Å²) >= 11 is 13.7. The SMILES string of the molecule is NOOSc1ccc2c(c1)C(=O)N(c1ccc(NC(=O)NS(=O)(=O)c3ccc(Cl)s3)cc1Cl)C(=O)C2. The number of fused-ring (bicyclic) bond motifs is 1. The highest BCUT2D eigenvalue weighted by molar-refractivity contribution is 7.94. The summed E-state index contributed by atoms with van der Waals surface area (Å²) in [5.41, 5.74) is 0.995. The highest BCUT2D eigenvalue weighted by atomic mass is 35.5. The molecule has 188 valence electrons. The number of thiophene rings is 1. The standard InChI is InChI=1S/C20H14Cl2N4O7S3/c21-14-8-11(24-20(29)25-36(30,31)18-6-5-16(22)34-18)2-4-15(14)26-17(27)7-10-1-3-12(35-33-32-23)9-13(10)19(26)28/h1-6,8-9H,7,23H2,(H2,24,25,29). The van der Waals surface area contributed by atoms with Gasteiger partial charge in [-0.3, -0.25) is 9.59 Å². The predicted octanol–water partition coefficient (Wildman–Crippen LogP) is 4.12. The van der Waals surface area contributed by atoms with E-state index in [1.165, 1.54) is 36.4 Å². The molecule has 0 saturated carbocycles. The Hall–Kier alpha value is -2.69. The fourth-order valence-electron chi connectivity index (χ4n) is 3.28. The zero-order valence-corrected chi connectivity index (χ0v) is 21.7. The summed E-state index contributed by atoms with van der Waals surface area (Å²) in [5, 5.41) is 2.31. The first kappa shape index (κ1) is 26.4. The lowest BCUT2D eigenvalue weighted by atomic mass is 9.98. The van der Waals surface area contributed by atoms with Crippen molar-refractivity contribution in [3.63, 3.8) is 0 Å². The minimum Gasteiger partial charge on any atom is -0.307 e. The molecule has 0 atom stereocenters. The summed E-state index contributed by atoms with van der Waals surface area (Å²) in [7, 11) is -4.13. The second-order valence-electron chi connectivity index (χ2n) is 7.06. The van der Waals surface area contributed by atoms with Crippen molar-refractivity contribution < 1.29 is 32.1 Å². The molecule has 2 aromatic carbocycles. The predicted molar refractivity (Wildman–Crippen MR) is 134 cm³/mol. The fourth-order valence-corrected chi connectivity index (χ4v) is 6.34. The lowest BCUT2D eigenvalue weighted by molar-refractivity contribution is -0.195. The second-order valence-corrected chi connectivity index (χ2v) is 11.9. The van der Waals surface area contributed by atoms with Gasteiger partial charge in [0.15, 0.2) is 0 Å². The van der Waals surface area contributed by atoms with Gasteiger partial charge in [-0.25, -0.2) is 22.8 Å². The van der Waals surface area contributed by atoms with Crippen LogP contribution in [0, 0.1) is 0 Å². The molecule has 1 aromatic heterocycles. The number of imide groups is 1. The van der Waals surface area contributed by atoms with E-state index in [-0.39, 0.29) is 36.9 Å². The lowest BCUT2D eigenvalue weighted by Gasteiger charge is -2.28. The normalized spacial score (nSPS) is 13.5. The molecule has 0 aliphatic carbocycles. The minimum absolute atomic E-state index is 0.0313. The maximum atomic E-state index is 13.1. The van der Waals surface area contributed by atoms with Crippen LogP contribution in [0.1, 0.15) is 15.9 Å². The summed E-state index contributed by atoms with van der Waals surface area (Å²) in [4.78, 5) is 43.6. The number of halogens is 2. The van der Waals surface area contributed by atoms with Gasteiger partial charge in [-0.15, -0.1) is 20.7 Å². The zero-order chi connectivity index (χ0) is 26.0. The van der Waals surface area contributed by atoms with Gasteiger partial charge < -0.3 is 5.32 Å². The molecule has 1 aliphatic rings. The first-order chi connectivity index (χ1) is 17.1. The minimum atomic E-state index is -4.13. The Morgan fingerprint density at radius 1 is 1.11 bits per heavy atom. The van der Waals surface area contributed by atoms with E-state index in [9.17, 15) is 22.8 Å². The van der Waals surface area contributed by atoms with Gasteiger partial charge in [0.1, 0.15) is 4.21 Å². The number of anilines is 2. The van der Waals surface area contributed by atoms with Crippen molar-refractivity contribution in [2.45, 2.75) is 15.5 Å². The number of carbonyl (C=O) groups is 3. The van der Waals surface area contributed by atoms with Gasteiger partial charge in [0.05, 0.1) is 33.5 Å². The van der Waals surface area contributed by atoms with Crippen LogP contribution in [0.15, 0.2) is 57.6 Å². The van der Waals surface area contributed by atoms with Gasteiger partial charge in [-0.2, -0.15) is 5.90 Å². The molecule has 0 spiro atoms. The first-order valence-corrected chi connectivity index (χ1v) is 13.5. The fraction of sp³-hybridized carbons (Fsp3) is 0.0500. The quantitative estimate of drug-likeness (QED) is 0.160. The number of urea groups is 1. The van der Waals surface area contributed by atoms with E-state index in [1.807, 2.05) is 4.72 Å². The smallest absolute Gasteiger partial charge is 0.307 e. The maximum absolute atomic E-state index is 13.1. The topological polar surface area (TPSA) is 157 Å². The Labute approximate surface area is 222 Å². The zero-order valence-electron chi connectivity index (χ0n) is 17.7. The molecular weight excluding hydrogens is 575 g/mol. The van der Waals surface area contributed by atoms with E-state index < -0.39 is 27.9 Å². The average molecular weight is 589 g/mol. The molecule has 0 fully saturated rings. The van der Waals surface area contributed by atoms with E-state index in [0.29, 0.717) is 10.5 Å². The van der Waals surface area contributed by atoms with Crippen LogP contribution in [0.3, 0.4) is 0 Å². The summed E-state index contributed by atoms with van der Waals surface area (Å²) < 4.78 is 31.1. The molecular formula is C20H14Cl2N4O7S3. The van der Waals surface area contributed by atoms with Crippen molar-refractivity contribution in [3.8, 4) is 0 Å². The van der Waals surface area contributed by atoms with E-state index >= 15 is 0 Å². The Morgan fingerprint density at radius 2 is 1.89 bits per heavy atom. The number of hydrogen-bond acceptors (Lipinski definition) is 10. The number of amides is 4. The van der Waals surface area contributed by atoms with Crippen LogP contribution in [0.5, 0.6) is 0 Å². The summed E-state index contributed by atoms with van der Waals surface area (Å²) in [6.45, 7) is 0. The van der Waals surface area contributed by atoms with Crippen LogP contribution in [0.25, 0.3) is 0 Å². The van der Waals surface area contributed by atoms with Crippen LogP contribution >= 0.6 is 46.6 Å². The van der Waals surface area contributed by atoms with Crippen molar-refractivity contribution in [3.05, 3.63) is 69.0 Å². The molecule has 0 unspecified atom stereocenters. The molecule has 11 nitrogen and oxygen atoms in total. The number of benzene rings is 2. The average Bonchev–Trinajstić information content (AvgIpc) is 3.26. The van der Waals surface area contributed by atoms with E-state index in [0.717, 1.165) is 28.3 Å². The van der Waals surface area contributed by atoms with E-state index in [2.05, 4.69) is 14.6 Å². The maximum Gasteiger partial charge on any atom is 0.333 e. The number of nitrogens with two attached hydrogens (primary N) is 1. The lowest BCUT2D eigenvalue weighted by Crippen LogP contribution is -2.42. The van der Waals surface area contributed by atoms with Crippen molar-refractivity contribution >= 4 is 85.8 Å². The Kier molecular flexibility index (Phi) is 7.87. The third kappa shape index (κ3) is 5.66. The summed E-state index contributed by atoms with van der Waals surface area (Å²) in [5.74, 6) is 3.72. The number of nitrogens with one attached hydrogen (secondary N) is 2. The summed E-state index contributed by atoms with van der Waals surface area (Å²) in [6, 6.07) is 10.4. The van der Waals surface area contributed by atoms with Gasteiger partial charge >= 0.3 is 6.03 Å². The molecule has 4 amide bonds. The van der Waals surface area contributed by atoms with Crippen LogP contribution in [0.4, 0.5) is 16.2 Å². The van der Waals surface area contributed by atoms with E-state index in [1.54, 1.807) is 12.1 Å². The first-order valence-electron chi connectivity index (χ1n) is 9.68. The Morgan fingerprint density at radius 3 is 2.56 bits per heavy atom. The van der Waals surface area contributed by atoms with Gasteiger partial charge in [-0.1, -0.05) is 29.3 Å². The van der Waals surface area contributed by atoms with Crippen molar-refractivity contribution in [1.29, 1.82) is 0 Å². The van der Waals surface area contributed by atoms with Gasteiger partial charge in [-0.05, 0) is 48.0 Å². The van der Waals surface area contributed by atoms with Crippen LogP contribution in [0.2, 0.25) is 9.36 Å².